The number of nitrogens with zero attached hydrogens (tertiary/aromatic N) is 1. The third-order valence-electron chi connectivity index (χ3n) is 3.68. The standard InChI is InChI=1S/C15H17NO3/c1-18-14-7-9-6-10-11(4-3-5-13(10)17)16-12(9)8-15(14)19-2/h6-8,13,17H,3-5H2,1-2H3. The zero-order valence-corrected chi connectivity index (χ0v) is 11.1. The van der Waals surface area contributed by atoms with Crippen molar-refractivity contribution in [1.29, 1.82) is 0 Å². The van der Waals surface area contributed by atoms with Crippen LogP contribution < -0.4 is 9.47 Å². The van der Waals surface area contributed by atoms with E-state index in [9.17, 15) is 5.11 Å². The Balaban J connectivity index is 2.22. The number of pyridine rings is 1. The minimum atomic E-state index is -0.395. The number of rotatable bonds is 2. The number of aliphatic hydroxyl groups excluding tert-OH is 1. The van der Waals surface area contributed by atoms with Crippen molar-refractivity contribution >= 4 is 10.9 Å². The number of hydrogen-bond donors (Lipinski definition) is 1. The summed E-state index contributed by atoms with van der Waals surface area (Å²) in [4.78, 5) is 4.65. The summed E-state index contributed by atoms with van der Waals surface area (Å²) in [5.74, 6) is 1.36. The number of benzene rings is 1. The lowest BCUT2D eigenvalue weighted by Gasteiger charge is -2.21. The summed E-state index contributed by atoms with van der Waals surface area (Å²) in [6.45, 7) is 0. The van der Waals surface area contributed by atoms with E-state index in [0.29, 0.717) is 11.5 Å². The van der Waals surface area contributed by atoms with Crippen molar-refractivity contribution < 1.29 is 14.6 Å². The fourth-order valence-corrected chi connectivity index (χ4v) is 2.66. The Kier molecular flexibility index (Phi) is 3.03. The van der Waals surface area contributed by atoms with Crippen molar-refractivity contribution in [3.8, 4) is 11.5 Å². The second kappa shape index (κ2) is 4.70. The van der Waals surface area contributed by atoms with E-state index in [-0.39, 0.29) is 0 Å². The van der Waals surface area contributed by atoms with Crippen molar-refractivity contribution in [2.45, 2.75) is 25.4 Å². The van der Waals surface area contributed by atoms with Gasteiger partial charge in [0.15, 0.2) is 11.5 Å². The molecule has 0 aliphatic heterocycles. The highest BCUT2D eigenvalue weighted by molar-refractivity contribution is 5.83. The van der Waals surface area contributed by atoms with Crippen molar-refractivity contribution in [3.63, 3.8) is 0 Å². The van der Waals surface area contributed by atoms with Crippen molar-refractivity contribution in [1.82, 2.24) is 4.98 Å². The summed E-state index contributed by atoms with van der Waals surface area (Å²) in [5.41, 5.74) is 2.83. The zero-order chi connectivity index (χ0) is 13.4. The average molecular weight is 259 g/mol. The second-order valence-electron chi connectivity index (χ2n) is 4.83. The minimum Gasteiger partial charge on any atom is -0.493 e. The van der Waals surface area contributed by atoms with Crippen LogP contribution >= 0.6 is 0 Å². The molecule has 100 valence electrons. The largest absolute Gasteiger partial charge is 0.493 e. The second-order valence-corrected chi connectivity index (χ2v) is 4.83. The molecule has 19 heavy (non-hydrogen) atoms. The van der Waals surface area contributed by atoms with Gasteiger partial charge in [-0.3, -0.25) is 4.98 Å². The highest BCUT2D eigenvalue weighted by atomic mass is 16.5. The molecule has 1 aliphatic carbocycles. The van der Waals surface area contributed by atoms with Crippen LogP contribution in [0, 0.1) is 0 Å². The van der Waals surface area contributed by atoms with Crippen LogP contribution in [-0.2, 0) is 6.42 Å². The molecule has 2 aromatic rings. The van der Waals surface area contributed by atoms with Gasteiger partial charge in [-0.1, -0.05) is 0 Å². The first-order valence-corrected chi connectivity index (χ1v) is 6.46. The van der Waals surface area contributed by atoms with Crippen molar-refractivity contribution in [3.05, 3.63) is 29.5 Å². The average Bonchev–Trinajstić information content (AvgIpc) is 2.44. The lowest BCUT2D eigenvalue weighted by atomic mass is 9.92. The van der Waals surface area contributed by atoms with Crippen LogP contribution in [0.5, 0.6) is 11.5 Å². The molecule has 4 nitrogen and oxygen atoms in total. The quantitative estimate of drug-likeness (QED) is 0.900. The van der Waals surface area contributed by atoms with E-state index in [1.54, 1.807) is 14.2 Å². The molecule has 0 amide bonds. The van der Waals surface area contributed by atoms with Gasteiger partial charge < -0.3 is 14.6 Å². The monoisotopic (exact) mass is 259 g/mol. The van der Waals surface area contributed by atoms with Crippen LogP contribution in [0.4, 0.5) is 0 Å². The summed E-state index contributed by atoms with van der Waals surface area (Å²) in [6.07, 6.45) is 2.33. The number of ether oxygens (including phenoxy) is 2. The van der Waals surface area contributed by atoms with Gasteiger partial charge in [-0.05, 0) is 31.4 Å². The van der Waals surface area contributed by atoms with Gasteiger partial charge in [-0.2, -0.15) is 0 Å². The van der Waals surface area contributed by atoms with Gasteiger partial charge in [-0.25, -0.2) is 0 Å². The summed E-state index contributed by atoms with van der Waals surface area (Å²) >= 11 is 0. The third-order valence-corrected chi connectivity index (χ3v) is 3.68. The fraction of sp³-hybridized carbons (Fsp3) is 0.400. The molecule has 4 heteroatoms. The van der Waals surface area contributed by atoms with E-state index >= 15 is 0 Å². The molecule has 3 rings (SSSR count). The first-order valence-electron chi connectivity index (χ1n) is 6.46. The number of aryl methyl sites for hydroxylation is 1. The minimum absolute atomic E-state index is 0.395. The predicted molar refractivity (Wildman–Crippen MR) is 72.7 cm³/mol. The number of aromatic nitrogens is 1. The maximum atomic E-state index is 10.1. The normalized spacial score (nSPS) is 18.2. The molecular weight excluding hydrogens is 242 g/mol. The van der Waals surface area contributed by atoms with Gasteiger partial charge in [0.05, 0.1) is 25.8 Å². The van der Waals surface area contributed by atoms with Gasteiger partial charge in [0, 0.05) is 22.7 Å². The Morgan fingerprint density at radius 3 is 2.63 bits per heavy atom. The number of methoxy groups -OCH3 is 2. The van der Waals surface area contributed by atoms with Crippen LogP contribution in [0.25, 0.3) is 10.9 Å². The van der Waals surface area contributed by atoms with E-state index in [0.717, 1.165) is 41.4 Å². The lowest BCUT2D eigenvalue weighted by molar-refractivity contribution is 0.156. The summed E-state index contributed by atoms with van der Waals surface area (Å²) < 4.78 is 10.6. The van der Waals surface area contributed by atoms with Gasteiger partial charge >= 0.3 is 0 Å². The number of hydrogen-bond acceptors (Lipinski definition) is 4. The summed E-state index contributed by atoms with van der Waals surface area (Å²) in [5, 5.41) is 11.0. The van der Waals surface area contributed by atoms with Crippen LogP contribution in [0.3, 0.4) is 0 Å². The molecule has 0 bridgehead atoms. The van der Waals surface area contributed by atoms with Crippen LogP contribution in [0.1, 0.15) is 30.2 Å². The van der Waals surface area contributed by atoms with Crippen molar-refractivity contribution in [2.24, 2.45) is 0 Å². The SMILES string of the molecule is COc1cc2cc3c(nc2cc1OC)CCCC3O. The third kappa shape index (κ3) is 2.02. The molecule has 1 atom stereocenters. The molecule has 0 saturated carbocycles. The molecule has 0 spiro atoms. The highest BCUT2D eigenvalue weighted by Gasteiger charge is 2.20. The maximum Gasteiger partial charge on any atom is 0.162 e. The molecule has 1 unspecified atom stereocenters. The summed E-state index contributed by atoms with van der Waals surface area (Å²) in [7, 11) is 3.23. The molecule has 0 fully saturated rings. The maximum absolute atomic E-state index is 10.1. The Hall–Kier alpha value is -1.81. The van der Waals surface area contributed by atoms with Crippen molar-refractivity contribution in [2.75, 3.05) is 14.2 Å². The van der Waals surface area contributed by atoms with E-state index in [4.69, 9.17) is 9.47 Å². The Morgan fingerprint density at radius 2 is 1.89 bits per heavy atom. The highest BCUT2D eigenvalue weighted by Crippen LogP contribution is 2.35. The van der Waals surface area contributed by atoms with Gasteiger partial charge in [0.2, 0.25) is 0 Å². The van der Waals surface area contributed by atoms with E-state index in [1.165, 1.54) is 0 Å². The zero-order valence-electron chi connectivity index (χ0n) is 11.1. The topological polar surface area (TPSA) is 51.6 Å². The fourth-order valence-electron chi connectivity index (χ4n) is 2.66. The first-order chi connectivity index (χ1) is 9.22. The molecule has 1 N–H and O–H groups in total. The molecule has 1 aliphatic rings. The molecule has 0 saturated heterocycles. The number of aliphatic hydroxyl groups is 1. The van der Waals surface area contributed by atoms with E-state index in [1.807, 2.05) is 18.2 Å². The molecule has 1 aromatic heterocycles. The molecule has 0 radical (unpaired) electrons. The number of fused-ring (bicyclic) bond motifs is 2. The van der Waals surface area contributed by atoms with Crippen LogP contribution in [0.15, 0.2) is 18.2 Å². The molecule has 1 aromatic carbocycles. The van der Waals surface area contributed by atoms with Crippen LogP contribution in [-0.4, -0.2) is 24.3 Å². The lowest BCUT2D eigenvalue weighted by Crippen LogP contribution is -2.11. The van der Waals surface area contributed by atoms with Gasteiger partial charge in [-0.15, -0.1) is 0 Å². The Labute approximate surface area is 112 Å². The van der Waals surface area contributed by atoms with E-state index < -0.39 is 6.10 Å². The predicted octanol–water partition coefficient (Wildman–Crippen LogP) is 2.62. The van der Waals surface area contributed by atoms with Gasteiger partial charge in [0.1, 0.15) is 0 Å². The Morgan fingerprint density at radius 1 is 1.16 bits per heavy atom. The summed E-state index contributed by atoms with van der Waals surface area (Å²) in [6, 6.07) is 5.81. The molecular formula is C15H17NO3. The van der Waals surface area contributed by atoms with Crippen LogP contribution in [0.2, 0.25) is 0 Å². The van der Waals surface area contributed by atoms with E-state index in [2.05, 4.69) is 4.98 Å². The van der Waals surface area contributed by atoms with Gasteiger partial charge in [0.25, 0.3) is 0 Å². The smallest absolute Gasteiger partial charge is 0.162 e. The molecule has 1 heterocycles. The first kappa shape index (κ1) is 12.2. The Bertz CT molecular complexity index is 624.